The Hall–Kier alpha value is -3.92. The Morgan fingerprint density at radius 1 is 0.724 bits per heavy atom. The van der Waals surface area contributed by atoms with Gasteiger partial charge in [-0.25, -0.2) is 4.79 Å². The third-order valence-electron chi connectivity index (χ3n) is 5.26. The highest BCUT2D eigenvalue weighted by molar-refractivity contribution is 5.95. The average Bonchev–Trinajstić information content (AvgIpc) is 3.09. The highest BCUT2D eigenvalue weighted by Gasteiger charge is 2.29. The molecule has 2 amide bonds. The van der Waals surface area contributed by atoms with Gasteiger partial charge in [0.05, 0.1) is 17.9 Å². The lowest BCUT2D eigenvalue weighted by atomic mass is 10.1. The normalized spacial score (nSPS) is 12.1. The standard InChI is InChI=1S/C25H19N3O/c29-25(27-23-16-26-15-14-18(23)17-8-2-1-3-9-17)28-24-21-12-6-4-10-19(21)20-11-5-7-13-22(20)24/h1-16,24H,(H2,27,28,29). The molecule has 0 aliphatic heterocycles. The first-order valence-corrected chi connectivity index (χ1v) is 9.56. The molecule has 0 bridgehead atoms. The van der Waals surface area contributed by atoms with Crippen molar-refractivity contribution in [3.8, 4) is 22.3 Å². The maximum absolute atomic E-state index is 12.9. The molecule has 0 unspecified atom stereocenters. The van der Waals surface area contributed by atoms with Crippen molar-refractivity contribution < 1.29 is 4.79 Å². The molecule has 0 fully saturated rings. The van der Waals surface area contributed by atoms with E-state index < -0.39 is 0 Å². The largest absolute Gasteiger partial charge is 0.327 e. The fraction of sp³-hybridized carbons (Fsp3) is 0.0400. The van der Waals surface area contributed by atoms with E-state index in [0.717, 1.165) is 22.3 Å². The molecule has 29 heavy (non-hydrogen) atoms. The lowest BCUT2D eigenvalue weighted by Crippen LogP contribution is -2.32. The second-order valence-electron chi connectivity index (χ2n) is 6.99. The molecule has 0 spiro atoms. The van der Waals surface area contributed by atoms with Gasteiger partial charge in [-0.2, -0.15) is 0 Å². The van der Waals surface area contributed by atoms with E-state index in [4.69, 9.17) is 0 Å². The fourth-order valence-electron chi connectivity index (χ4n) is 3.96. The number of fused-ring (bicyclic) bond motifs is 3. The summed E-state index contributed by atoms with van der Waals surface area (Å²) in [6, 6.07) is 27.8. The minimum Gasteiger partial charge on any atom is -0.327 e. The molecule has 1 aliphatic carbocycles. The monoisotopic (exact) mass is 377 g/mol. The van der Waals surface area contributed by atoms with Crippen LogP contribution in [0.1, 0.15) is 17.2 Å². The summed E-state index contributed by atoms with van der Waals surface area (Å²) in [7, 11) is 0. The maximum atomic E-state index is 12.9. The third-order valence-corrected chi connectivity index (χ3v) is 5.26. The zero-order valence-electron chi connectivity index (χ0n) is 15.7. The molecule has 140 valence electrons. The van der Waals surface area contributed by atoms with Crippen molar-refractivity contribution in [3.63, 3.8) is 0 Å². The summed E-state index contributed by atoms with van der Waals surface area (Å²) in [5.74, 6) is 0. The van der Waals surface area contributed by atoms with Crippen molar-refractivity contribution >= 4 is 11.7 Å². The first-order valence-electron chi connectivity index (χ1n) is 9.56. The number of urea groups is 1. The van der Waals surface area contributed by atoms with Gasteiger partial charge >= 0.3 is 6.03 Å². The van der Waals surface area contributed by atoms with E-state index in [0.29, 0.717) is 5.69 Å². The Morgan fingerprint density at radius 3 is 2.03 bits per heavy atom. The molecule has 0 saturated heterocycles. The van der Waals surface area contributed by atoms with E-state index in [1.54, 1.807) is 12.4 Å². The summed E-state index contributed by atoms with van der Waals surface area (Å²) in [5, 5.41) is 6.13. The van der Waals surface area contributed by atoms with E-state index in [2.05, 4.69) is 39.9 Å². The molecule has 4 heteroatoms. The summed E-state index contributed by atoms with van der Waals surface area (Å²) in [6.45, 7) is 0. The van der Waals surface area contributed by atoms with Crippen LogP contribution in [0.4, 0.5) is 10.5 Å². The van der Waals surface area contributed by atoms with Crippen molar-refractivity contribution in [2.24, 2.45) is 0 Å². The van der Waals surface area contributed by atoms with Gasteiger partial charge in [0, 0.05) is 11.8 Å². The molecule has 0 atom stereocenters. The molecule has 4 nitrogen and oxygen atoms in total. The van der Waals surface area contributed by atoms with Gasteiger partial charge < -0.3 is 10.6 Å². The SMILES string of the molecule is O=C(Nc1cnccc1-c1ccccc1)NC1c2ccccc2-c2ccccc21. The van der Waals surface area contributed by atoms with Crippen LogP contribution in [-0.2, 0) is 0 Å². The molecular weight excluding hydrogens is 358 g/mol. The number of aromatic nitrogens is 1. The van der Waals surface area contributed by atoms with Gasteiger partial charge in [-0.05, 0) is 33.9 Å². The number of amides is 2. The van der Waals surface area contributed by atoms with Crippen LogP contribution in [0.25, 0.3) is 22.3 Å². The number of pyridine rings is 1. The quantitative estimate of drug-likeness (QED) is 0.485. The van der Waals surface area contributed by atoms with Crippen molar-refractivity contribution in [1.29, 1.82) is 0 Å². The molecule has 1 aliphatic rings. The van der Waals surface area contributed by atoms with Gasteiger partial charge in [0.1, 0.15) is 0 Å². The van der Waals surface area contributed by atoms with Crippen LogP contribution in [-0.4, -0.2) is 11.0 Å². The summed E-state index contributed by atoms with van der Waals surface area (Å²) in [5.41, 5.74) is 7.19. The summed E-state index contributed by atoms with van der Waals surface area (Å²) < 4.78 is 0. The van der Waals surface area contributed by atoms with Crippen LogP contribution in [0.3, 0.4) is 0 Å². The van der Waals surface area contributed by atoms with Crippen molar-refractivity contribution in [2.45, 2.75) is 6.04 Å². The molecule has 0 saturated carbocycles. The first kappa shape index (κ1) is 17.2. The van der Waals surface area contributed by atoms with Crippen LogP contribution in [0.2, 0.25) is 0 Å². The predicted molar refractivity (Wildman–Crippen MR) is 116 cm³/mol. The van der Waals surface area contributed by atoms with Gasteiger partial charge in [0.2, 0.25) is 0 Å². The molecule has 1 heterocycles. The van der Waals surface area contributed by atoms with Gasteiger partial charge in [0.25, 0.3) is 0 Å². The van der Waals surface area contributed by atoms with Gasteiger partial charge in [-0.15, -0.1) is 0 Å². The molecular formula is C25H19N3O. The number of rotatable bonds is 3. The van der Waals surface area contributed by atoms with Crippen molar-refractivity contribution in [1.82, 2.24) is 10.3 Å². The van der Waals surface area contributed by atoms with Crippen LogP contribution in [0.5, 0.6) is 0 Å². The second-order valence-corrected chi connectivity index (χ2v) is 6.99. The molecule has 2 N–H and O–H groups in total. The zero-order valence-corrected chi connectivity index (χ0v) is 15.7. The number of nitrogens with zero attached hydrogens (tertiary/aromatic N) is 1. The highest BCUT2D eigenvalue weighted by Crippen LogP contribution is 2.43. The molecule has 4 aromatic rings. The number of anilines is 1. The van der Waals surface area contributed by atoms with E-state index in [-0.39, 0.29) is 12.1 Å². The first-order chi connectivity index (χ1) is 14.3. The number of nitrogens with one attached hydrogen (secondary N) is 2. The van der Waals surface area contributed by atoms with Crippen LogP contribution in [0.15, 0.2) is 97.3 Å². The molecule has 1 aromatic heterocycles. The van der Waals surface area contributed by atoms with Gasteiger partial charge in [-0.1, -0.05) is 78.9 Å². The van der Waals surface area contributed by atoms with Crippen molar-refractivity contribution in [3.05, 3.63) is 108 Å². The maximum Gasteiger partial charge on any atom is 0.320 e. The summed E-state index contributed by atoms with van der Waals surface area (Å²) in [6.07, 6.45) is 3.41. The van der Waals surface area contributed by atoms with Gasteiger partial charge in [0.15, 0.2) is 0 Å². The highest BCUT2D eigenvalue weighted by atomic mass is 16.2. The van der Waals surface area contributed by atoms with Crippen molar-refractivity contribution in [2.75, 3.05) is 5.32 Å². The van der Waals surface area contributed by atoms with Crippen LogP contribution >= 0.6 is 0 Å². The Balaban J connectivity index is 1.43. The minimum atomic E-state index is -0.258. The molecule has 3 aromatic carbocycles. The Bertz CT molecular complexity index is 1140. The Kier molecular flexibility index (Phi) is 4.30. The number of hydrogen-bond donors (Lipinski definition) is 2. The van der Waals surface area contributed by atoms with Gasteiger partial charge in [-0.3, -0.25) is 4.98 Å². The molecule has 0 radical (unpaired) electrons. The average molecular weight is 377 g/mol. The lowest BCUT2D eigenvalue weighted by molar-refractivity contribution is 0.250. The zero-order chi connectivity index (χ0) is 19.6. The fourth-order valence-corrected chi connectivity index (χ4v) is 3.96. The lowest BCUT2D eigenvalue weighted by Gasteiger charge is -2.17. The smallest absolute Gasteiger partial charge is 0.320 e. The number of carbonyl (C=O) groups excluding carboxylic acids is 1. The van der Waals surface area contributed by atoms with Crippen LogP contribution in [0, 0.1) is 0 Å². The Morgan fingerprint density at radius 2 is 1.34 bits per heavy atom. The topological polar surface area (TPSA) is 54.0 Å². The summed E-state index contributed by atoms with van der Waals surface area (Å²) >= 11 is 0. The van der Waals surface area contributed by atoms with E-state index in [1.807, 2.05) is 60.7 Å². The Labute approximate surface area is 169 Å². The van der Waals surface area contributed by atoms with E-state index >= 15 is 0 Å². The van der Waals surface area contributed by atoms with Crippen LogP contribution < -0.4 is 10.6 Å². The number of carbonyl (C=O) groups is 1. The van der Waals surface area contributed by atoms with E-state index in [9.17, 15) is 4.79 Å². The minimum absolute atomic E-state index is 0.181. The number of hydrogen-bond acceptors (Lipinski definition) is 2. The number of benzene rings is 3. The van der Waals surface area contributed by atoms with E-state index in [1.165, 1.54) is 11.1 Å². The summed E-state index contributed by atoms with van der Waals surface area (Å²) in [4.78, 5) is 17.1. The second kappa shape index (κ2) is 7.24. The molecule has 5 rings (SSSR count). The predicted octanol–water partition coefficient (Wildman–Crippen LogP) is 5.64. The third kappa shape index (κ3) is 3.15.